The number of nitrogens with zero attached hydrogens (tertiary/aromatic N) is 3. The van der Waals surface area contributed by atoms with E-state index in [9.17, 15) is 14.9 Å². The number of fused-ring (bicyclic) bond motifs is 1. The SMILES string of the molecule is O=C1c2cccnc2[C@H](Nc2ccc(Cl)c([N+](=O)[O-])c2)N1Cc1ccccc1. The molecule has 0 spiro atoms. The zero-order chi connectivity index (χ0) is 19.7. The maximum absolute atomic E-state index is 12.9. The number of aromatic nitrogens is 1. The van der Waals surface area contributed by atoms with Crippen molar-refractivity contribution in [1.82, 2.24) is 9.88 Å². The predicted molar refractivity (Wildman–Crippen MR) is 105 cm³/mol. The molecular weight excluding hydrogens is 380 g/mol. The molecule has 1 aromatic heterocycles. The van der Waals surface area contributed by atoms with E-state index in [0.29, 0.717) is 23.5 Å². The molecule has 140 valence electrons. The summed E-state index contributed by atoms with van der Waals surface area (Å²) >= 11 is 5.90. The highest BCUT2D eigenvalue weighted by Crippen LogP contribution is 2.36. The number of carbonyl (C=O) groups is 1. The number of pyridine rings is 1. The normalized spacial score (nSPS) is 15.4. The van der Waals surface area contributed by atoms with Gasteiger partial charge in [0.15, 0.2) is 0 Å². The van der Waals surface area contributed by atoms with E-state index < -0.39 is 11.1 Å². The Labute approximate surface area is 165 Å². The first-order chi connectivity index (χ1) is 13.5. The summed E-state index contributed by atoms with van der Waals surface area (Å²) in [4.78, 5) is 29.6. The van der Waals surface area contributed by atoms with Crippen LogP contribution in [0.5, 0.6) is 0 Å². The van der Waals surface area contributed by atoms with E-state index in [1.807, 2.05) is 30.3 Å². The first kappa shape index (κ1) is 17.9. The van der Waals surface area contributed by atoms with Gasteiger partial charge in [-0.1, -0.05) is 41.9 Å². The lowest BCUT2D eigenvalue weighted by molar-refractivity contribution is -0.384. The second kappa shape index (κ2) is 7.28. The molecule has 0 saturated carbocycles. The fraction of sp³-hybridized carbons (Fsp3) is 0.100. The van der Waals surface area contributed by atoms with Crippen LogP contribution in [0.1, 0.15) is 27.8 Å². The Hall–Kier alpha value is -3.45. The quantitative estimate of drug-likeness (QED) is 0.511. The number of halogens is 1. The van der Waals surface area contributed by atoms with Crippen molar-refractivity contribution in [3.8, 4) is 0 Å². The monoisotopic (exact) mass is 394 g/mol. The summed E-state index contributed by atoms with van der Waals surface area (Å²) in [5, 5.41) is 14.4. The number of hydrogen-bond donors (Lipinski definition) is 1. The number of hydrogen-bond acceptors (Lipinski definition) is 5. The molecule has 3 aromatic rings. The molecule has 7 nitrogen and oxygen atoms in total. The highest BCUT2D eigenvalue weighted by Gasteiger charge is 2.38. The van der Waals surface area contributed by atoms with Gasteiger partial charge in [-0.2, -0.15) is 0 Å². The van der Waals surface area contributed by atoms with Crippen LogP contribution in [0.3, 0.4) is 0 Å². The van der Waals surface area contributed by atoms with E-state index in [-0.39, 0.29) is 16.6 Å². The maximum atomic E-state index is 12.9. The number of nitro benzene ring substituents is 1. The molecule has 1 N–H and O–H groups in total. The van der Waals surface area contributed by atoms with Crippen LogP contribution in [-0.4, -0.2) is 20.7 Å². The number of rotatable bonds is 5. The van der Waals surface area contributed by atoms with E-state index in [2.05, 4.69) is 10.3 Å². The molecule has 4 rings (SSSR count). The van der Waals surface area contributed by atoms with Crippen LogP contribution in [0, 0.1) is 10.1 Å². The van der Waals surface area contributed by atoms with Gasteiger partial charge < -0.3 is 10.2 Å². The largest absolute Gasteiger partial charge is 0.360 e. The molecule has 1 amide bonds. The van der Waals surface area contributed by atoms with Gasteiger partial charge in [0, 0.05) is 24.5 Å². The van der Waals surface area contributed by atoms with Gasteiger partial charge in [-0.05, 0) is 29.8 Å². The van der Waals surface area contributed by atoms with Crippen LogP contribution >= 0.6 is 11.6 Å². The van der Waals surface area contributed by atoms with Crippen LogP contribution in [0.15, 0.2) is 66.9 Å². The average molecular weight is 395 g/mol. The van der Waals surface area contributed by atoms with Crippen LogP contribution in [0.25, 0.3) is 0 Å². The minimum absolute atomic E-state index is 0.0534. The van der Waals surface area contributed by atoms with Crippen molar-refractivity contribution in [2.24, 2.45) is 0 Å². The van der Waals surface area contributed by atoms with Crippen LogP contribution in [-0.2, 0) is 6.54 Å². The molecule has 0 bridgehead atoms. The van der Waals surface area contributed by atoms with Crippen molar-refractivity contribution >= 4 is 28.9 Å². The zero-order valence-electron chi connectivity index (χ0n) is 14.6. The summed E-state index contributed by atoms with van der Waals surface area (Å²) in [6.45, 7) is 0.378. The van der Waals surface area contributed by atoms with Gasteiger partial charge in [-0.3, -0.25) is 19.9 Å². The number of nitro groups is 1. The molecule has 0 fully saturated rings. The number of anilines is 1. The molecule has 8 heteroatoms. The lowest BCUT2D eigenvalue weighted by atomic mass is 10.2. The lowest BCUT2D eigenvalue weighted by Gasteiger charge is -2.26. The van der Waals surface area contributed by atoms with Crippen molar-refractivity contribution in [3.63, 3.8) is 0 Å². The van der Waals surface area contributed by atoms with Gasteiger partial charge in [0.05, 0.1) is 16.2 Å². The highest BCUT2D eigenvalue weighted by molar-refractivity contribution is 6.32. The van der Waals surface area contributed by atoms with Crippen molar-refractivity contribution < 1.29 is 9.72 Å². The Morgan fingerprint density at radius 1 is 1.14 bits per heavy atom. The Balaban J connectivity index is 1.70. The summed E-state index contributed by atoms with van der Waals surface area (Å²) in [7, 11) is 0. The number of nitrogens with one attached hydrogen (secondary N) is 1. The van der Waals surface area contributed by atoms with E-state index >= 15 is 0 Å². The second-order valence-electron chi connectivity index (χ2n) is 6.33. The Morgan fingerprint density at radius 2 is 1.93 bits per heavy atom. The van der Waals surface area contributed by atoms with Gasteiger partial charge >= 0.3 is 0 Å². The van der Waals surface area contributed by atoms with Crippen molar-refractivity contribution in [3.05, 3.63) is 98.8 Å². The van der Waals surface area contributed by atoms with Gasteiger partial charge in [0.25, 0.3) is 11.6 Å². The molecule has 2 heterocycles. The Bertz CT molecular complexity index is 1060. The predicted octanol–water partition coefficient (Wildman–Crippen LogP) is 4.41. The zero-order valence-corrected chi connectivity index (χ0v) is 15.3. The van der Waals surface area contributed by atoms with Crippen LogP contribution in [0.2, 0.25) is 5.02 Å². The molecule has 0 unspecified atom stereocenters. The van der Waals surface area contributed by atoms with E-state index in [1.54, 1.807) is 29.3 Å². The van der Waals surface area contributed by atoms with Crippen LogP contribution < -0.4 is 5.32 Å². The third-order valence-electron chi connectivity index (χ3n) is 4.54. The van der Waals surface area contributed by atoms with Gasteiger partial charge in [-0.25, -0.2) is 0 Å². The van der Waals surface area contributed by atoms with E-state index in [4.69, 9.17) is 11.6 Å². The highest BCUT2D eigenvalue weighted by atomic mass is 35.5. The minimum Gasteiger partial charge on any atom is -0.360 e. The fourth-order valence-corrected chi connectivity index (χ4v) is 3.41. The molecule has 28 heavy (non-hydrogen) atoms. The van der Waals surface area contributed by atoms with E-state index in [0.717, 1.165) is 5.56 Å². The summed E-state index contributed by atoms with van der Waals surface area (Å²) in [5.74, 6) is -0.145. The van der Waals surface area contributed by atoms with Gasteiger partial charge in [0.1, 0.15) is 11.2 Å². The minimum atomic E-state index is -0.551. The average Bonchev–Trinajstić information content (AvgIpc) is 2.96. The topological polar surface area (TPSA) is 88.4 Å². The van der Waals surface area contributed by atoms with Crippen molar-refractivity contribution in [2.75, 3.05) is 5.32 Å². The van der Waals surface area contributed by atoms with Gasteiger partial charge in [-0.15, -0.1) is 0 Å². The third kappa shape index (κ3) is 3.27. The van der Waals surface area contributed by atoms with Gasteiger partial charge in [0.2, 0.25) is 0 Å². The van der Waals surface area contributed by atoms with Crippen molar-refractivity contribution in [1.29, 1.82) is 0 Å². The molecule has 0 aliphatic carbocycles. The number of benzene rings is 2. The summed E-state index contributed by atoms with van der Waals surface area (Å²) < 4.78 is 0. The maximum Gasteiger partial charge on any atom is 0.289 e. The molecule has 0 radical (unpaired) electrons. The first-order valence-corrected chi connectivity index (χ1v) is 8.92. The Kier molecular flexibility index (Phi) is 4.67. The number of carbonyl (C=O) groups excluding carboxylic acids is 1. The summed E-state index contributed by atoms with van der Waals surface area (Å²) in [5.41, 5.74) is 2.34. The summed E-state index contributed by atoms with van der Waals surface area (Å²) in [6, 6.07) is 17.5. The lowest BCUT2D eigenvalue weighted by Crippen LogP contribution is -2.32. The third-order valence-corrected chi connectivity index (χ3v) is 4.86. The molecular formula is C20H15ClN4O3. The Morgan fingerprint density at radius 3 is 2.68 bits per heavy atom. The first-order valence-electron chi connectivity index (χ1n) is 8.55. The van der Waals surface area contributed by atoms with Crippen LogP contribution in [0.4, 0.5) is 11.4 Å². The second-order valence-corrected chi connectivity index (χ2v) is 6.73. The summed E-state index contributed by atoms with van der Waals surface area (Å²) in [6.07, 6.45) is 1.07. The standard InChI is InChI=1S/C20H15ClN4O3/c21-16-9-8-14(11-17(16)25(27)28)23-19-18-15(7-4-10-22-18)20(26)24(19)12-13-5-2-1-3-6-13/h1-11,19,23H,12H2/t19-/m1/s1. The fourth-order valence-electron chi connectivity index (χ4n) is 3.23. The molecule has 2 aromatic carbocycles. The molecule has 0 saturated heterocycles. The molecule has 1 aliphatic heterocycles. The van der Waals surface area contributed by atoms with Crippen molar-refractivity contribution in [2.45, 2.75) is 12.7 Å². The molecule has 1 aliphatic rings. The molecule has 1 atom stereocenters. The van der Waals surface area contributed by atoms with E-state index in [1.165, 1.54) is 12.1 Å². The smallest absolute Gasteiger partial charge is 0.289 e. The number of amides is 1.